The monoisotopic (exact) mass is 291 g/mol. The smallest absolute Gasteiger partial charge is 0.123 e. The largest absolute Gasteiger partial charge is 0.369 e. The Morgan fingerprint density at radius 1 is 1.00 bits per heavy atom. The van der Waals surface area contributed by atoms with E-state index in [4.69, 9.17) is 0 Å². The first kappa shape index (κ1) is 14.8. The highest BCUT2D eigenvalue weighted by Crippen LogP contribution is 2.17. The van der Waals surface area contributed by atoms with Crippen LogP contribution < -0.4 is 10.2 Å². The van der Waals surface area contributed by atoms with Gasteiger partial charge in [-0.25, -0.2) is 4.39 Å². The second kappa shape index (κ2) is 7.23. The highest BCUT2D eigenvalue weighted by Gasteiger charge is 2.20. The first-order valence-electron chi connectivity index (χ1n) is 8.27. The van der Waals surface area contributed by atoms with Gasteiger partial charge in [-0.1, -0.05) is 12.8 Å². The Morgan fingerprint density at radius 2 is 1.76 bits per heavy atom. The Kier molecular flexibility index (Phi) is 5.09. The molecule has 0 saturated carbocycles. The van der Waals surface area contributed by atoms with E-state index in [-0.39, 0.29) is 5.82 Å². The minimum Gasteiger partial charge on any atom is -0.369 e. The molecule has 2 saturated heterocycles. The van der Waals surface area contributed by atoms with Crippen LogP contribution in [-0.4, -0.2) is 50.2 Å². The molecule has 1 N–H and O–H groups in total. The van der Waals surface area contributed by atoms with Gasteiger partial charge < -0.3 is 10.2 Å². The summed E-state index contributed by atoms with van der Waals surface area (Å²) in [5.74, 6) is -0.156. The molecule has 0 amide bonds. The maximum atomic E-state index is 13.0. The molecule has 2 heterocycles. The zero-order valence-electron chi connectivity index (χ0n) is 12.7. The van der Waals surface area contributed by atoms with Crippen LogP contribution in [0.5, 0.6) is 0 Å². The number of piperazine rings is 1. The van der Waals surface area contributed by atoms with Gasteiger partial charge in [0.2, 0.25) is 0 Å². The SMILES string of the molecule is Fc1ccc(N2CCN(CC3CCCCCN3)CC2)cc1. The van der Waals surface area contributed by atoms with Crippen LogP contribution in [0.1, 0.15) is 25.7 Å². The van der Waals surface area contributed by atoms with Crippen LogP contribution in [0.25, 0.3) is 0 Å². The van der Waals surface area contributed by atoms with Crippen LogP contribution in [-0.2, 0) is 0 Å². The van der Waals surface area contributed by atoms with Crippen molar-refractivity contribution in [2.24, 2.45) is 0 Å². The average molecular weight is 291 g/mol. The molecule has 0 radical (unpaired) electrons. The molecule has 1 aromatic carbocycles. The van der Waals surface area contributed by atoms with E-state index in [1.165, 1.54) is 38.8 Å². The summed E-state index contributed by atoms with van der Waals surface area (Å²) in [4.78, 5) is 4.93. The molecule has 0 aromatic heterocycles. The highest BCUT2D eigenvalue weighted by molar-refractivity contribution is 5.46. The number of anilines is 1. The predicted octanol–water partition coefficient (Wildman–Crippen LogP) is 2.48. The van der Waals surface area contributed by atoms with Gasteiger partial charge in [-0.15, -0.1) is 0 Å². The van der Waals surface area contributed by atoms with Crippen molar-refractivity contribution in [3.05, 3.63) is 30.1 Å². The molecule has 1 atom stereocenters. The molecule has 2 aliphatic rings. The van der Waals surface area contributed by atoms with Crippen molar-refractivity contribution < 1.29 is 4.39 Å². The fourth-order valence-electron chi connectivity index (χ4n) is 3.41. The lowest BCUT2D eigenvalue weighted by molar-refractivity contribution is 0.227. The molecule has 2 fully saturated rings. The average Bonchev–Trinajstić information content (AvgIpc) is 2.78. The number of halogens is 1. The molecule has 116 valence electrons. The van der Waals surface area contributed by atoms with E-state index in [0.717, 1.165) is 31.9 Å². The second-order valence-electron chi connectivity index (χ2n) is 6.26. The highest BCUT2D eigenvalue weighted by atomic mass is 19.1. The van der Waals surface area contributed by atoms with E-state index in [1.54, 1.807) is 12.1 Å². The molecule has 4 heteroatoms. The lowest BCUT2D eigenvalue weighted by Gasteiger charge is -2.37. The second-order valence-corrected chi connectivity index (χ2v) is 6.26. The Labute approximate surface area is 127 Å². The van der Waals surface area contributed by atoms with Gasteiger partial charge in [0.1, 0.15) is 5.82 Å². The van der Waals surface area contributed by atoms with E-state index in [1.807, 2.05) is 12.1 Å². The van der Waals surface area contributed by atoms with Crippen LogP contribution >= 0.6 is 0 Å². The van der Waals surface area contributed by atoms with E-state index < -0.39 is 0 Å². The van der Waals surface area contributed by atoms with Crippen LogP contribution in [0, 0.1) is 5.82 Å². The lowest BCUT2D eigenvalue weighted by Crippen LogP contribution is -2.50. The Hall–Kier alpha value is -1.13. The minimum absolute atomic E-state index is 0.156. The van der Waals surface area contributed by atoms with Gasteiger partial charge in [-0.05, 0) is 43.7 Å². The summed E-state index contributed by atoms with van der Waals surface area (Å²) < 4.78 is 13.0. The molecule has 1 aromatic rings. The zero-order chi connectivity index (χ0) is 14.5. The Morgan fingerprint density at radius 3 is 2.52 bits per heavy atom. The number of nitrogens with zero attached hydrogens (tertiary/aromatic N) is 2. The number of hydrogen-bond donors (Lipinski definition) is 1. The molecule has 0 bridgehead atoms. The summed E-state index contributed by atoms with van der Waals surface area (Å²) in [6, 6.07) is 7.55. The van der Waals surface area contributed by atoms with Gasteiger partial charge in [0.25, 0.3) is 0 Å². The fraction of sp³-hybridized carbons (Fsp3) is 0.647. The molecule has 0 spiro atoms. The van der Waals surface area contributed by atoms with E-state index in [9.17, 15) is 4.39 Å². The van der Waals surface area contributed by atoms with Crippen molar-refractivity contribution in [2.75, 3.05) is 44.2 Å². The van der Waals surface area contributed by atoms with Crippen LogP contribution in [0.3, 0.4) is 0 Å². The molecule has 1 unspecified atom stereocenters. The minimum atomic E-state index is -0.156. The normalized spacial score (nSPS) is 24.8. The van der Waals surface area contributed by atoms with Gasteiger partial charge in [0.15, 0.2) is 0 Å². The zero-order valence-corrected chi connectivity index (χ0v) is 12.7. The van der Waals surface area contributed by atoms with E-state index in [0.29, 0.717) is 6.04 Å². The summed E-state index contributed by atoms with van der Waals surface area (Å²) in [7, 11) is 0. The summed E-state index contributed by atoms with van der Waals surface area (Å²) in [5, 5.41) is 3.68. The molecule has 2 aliphatic heterocycles. The summed E-state index contributed by atoms with van der Waals surface area (Å²) in [6.07, 6.45) is 5.39. The molecule has 0 aliphatic carbocycles. The number of rotatable bonds is 3. The maximum absolute atomic E-state index is 13.0. The van der Waals surface area contributed by atoms with Crippen LogP contribution in [0.4, 0.5) is 10.1 Å². The van der Waals surface area contributed by atoms with Crippen molar-refractivity contribution in [3.8, 4) is 0 Å². The summed E-state index contributed by atoms with van der Waals surface area (Å²) in [5.41, 5.74) is 1.14. The molecule has 3 nitrogen and oxygen atoms in total. The standard InChI is InChI=1S/C17H26FN3/c18-15-5-7-17(8-6-15)21-12-10-20(11-13-21)14-16-4-2-1-3-9-19-16/h5-8,16,19H,1-4,9-14H2. The van der Waals surface area contributed by atoms with E-state index >= 15 is 0 Å². The van der Waals surface area contributed by atoms with Crippen molar-refractivity contribution in [3.63, 3.8) is 0 Å². The van der Waals surface area contributed by atoms with Crippen molar-refractivity contribution >= 4 is 5.69 Å². The molecule has 3 rings (SSSR count). The topological polar surface area (TPSA) is 18.5 Å². The molecular weight excluding hydrogens is 265 g/mol. The molecular formula is C17H26FN3. The van der Waals surface area contributed by atoms with Crippen molar-refractivity contribution in [2.45, 2.75) is 31.7 Å². The fourth-order valence-corrected chi connectivity index (χ4v) is 3.41. The van der Waals surface area contributed by atoms with Gasteiger partial charge in [-0.3, -0.25) is 4.90 Å². The van der Waals surface area contributed by atoms with Gasteiger partial charge >= 0.3 is 0 Å². The van der Waals surface area contributed by atoms with Gasteiger partial charge in [0.05, 0.1) is 0 Å². The predicted molar refractivity (Wildman–Crippen MR) is 85.3 cm³/mol. The van der Waals surface area contributed by atoms with Gasteiger partial charge in [-0.2, -0.15) is 0 Å². The third-order valence-corrected chi connectivity index (χ3v) is 4.71. The van der Waals surface area contributed by atoms with Crippen LogP contribution in [0.2, 0.25) is 0 Å². The van der Waals surface area contributed by atoms with Crippen LogP contribution in [0.15, 0.2) is 24.3 Å². The Bertz CT molecular complexity index is 418. The number of nitrogens with one attached hydrogen (secondary N) is 1. The summed E-state index contributed by atoms with van der Waals surface area (Å²) >= 11 is 0. The first-order valence-corrected chi connectivity index (χ1v) is 8.27. The Balaban J connectivity index is 1.47. The quantitative estimate of drug-likeness (QED) is 0.923. The van der Waals surface area contributed by atoms with Gasteiger partial charge in [0, 0.05) is 44.5 Å². The number of benzene rings is 1. The first-order chi connectivity index (χ1) is 10.3. The van der Waals surface area contributed by atoms with E-state index in [2.05, 4.69) is 15.1 Å². The third-order valence-electron chi connectivity index (χ3n) is 4.71. The van der Waals surface area contributed by atoms with Crippen molar-refractivity contribution in [1.29, 1.82) is 0 Å². The maximum Gasteiger partial charge on any atom is 0.123 e. The lowest BCUT2D eigenvalue weighted by atomic mass is 10.1. The third kappa shape index (κ3) is 4.17. The number of hydrogen-bond acceptors (Lipinski definition) is 3. The van der Waals surface area contributed by atoms with Crippen molar-refractivity contribution in [1.82, 2.24) is 10.2 Å². The molecule has 21 heavy (non-hydrogen) atoms. The summed E-state index contributed by atoms with van der Waals surface area (Å²) in [6.45, 7) is 6.65.